The Hall–Kier alpha value is -2.19. The van der Waals surface area contributed by atoms with Crippen LogP contribution in [-0.2, 0) is 9.59 Å². The highest BCUT2D eigenvalue weighted by Crippen LogP contribution is 2.45. The molecule has 124 valence electrons. The predicted molar refractivity (Wildman–Crippen MR) is 93.8 cm³/mol. The summed E-state index contributed by atoms with van der Waals surface area (Å²) in [6, 6.07) is 8.01. The van der Waals surface area contributed by atoms with Gasteiger partial charge in [0.25, 0.3) is 11.1 Å². The number of nitrogens with zero attached hydrogens (tertiary/aromatic N) is 2. The molecule has 0 aliphatic carbocycles. The molecule has 1 aromatic carbocycles. The Labute approximate surface area is 147 Å². The van der Waals surface area contributed by atoms with Crippen LogP contribution in [0.4, 0.5) is 10.5 Å². The summed E-state index contributed by atoms with van der Waals surface area (Å²) in [5.74, 6) is -1.77. The minimum atomic E-state index is -1.21. The van der Waals surface area contributed by atoms with Crippen LogP contribution in [0.2, 0.25) is 0 Å². The summed E-state index contributed by atoms with van der Waals surface area (Å²) in [7, 11) is 0. The van der Waals surface area contributed by atoms with Crippen molar-refractivity contribution in [3.63, 3.8) is 0 Å². The van der Waals surface area contributed by atoms with Crippen molar-refractivity contribution in [3.8, 4) is 0 Å². The number of amides is 2. The summed E-state index contributed by atoms with van der Waals surface area (Å²) in [5, 5.41) is 9.18. The van der Waals surface area contributed by atoms with E-state index in [0.717, 1.165) is 38.8 Å². The molecular weight excluding hydrogens is 348 g/mol. The largest absolute Gasteiger partial charge is 0.480 e. The minimum Gasteiger partial charge on any atom is -0.480 e. The standard InChI is InChI=1S/C16H14N2O4S2/c1-2-17-10-5-3-4-6-11(10)23-13(17)8-7-12-15(21)18(9-14(19)20)16(22)24-12/h3-8H,2,9H2,1H3,(H,19,20). The molecule has 0 bridgehead atoms. The third kappa shape index (κ3) is 3.07. The Bertz CT molecular complexity index is 788. The van der Waals surface area contributed by atoms with Crippen LogP contribution in [0.3, 0.4) is 0 Å². The van der Waals surface area contributed by atoms with E-state index in [9.17, 15) is 14.4 Å². The number of benzene rings is 1. The van der Waals surface area contributed by atoms with Crippen molar-refractivity contribution in [1.29, 1.82) is 0 Å². The number of fused-ring (bicyclic) bond motifs is 1. The summed E-state index contributed by atoms with van der Waals surface area (Å²) in [6.45, 7) is 2.21. The van der Waals surface area contributed by atoms with E-state index in [1.165, 1.54) is 0 Å². The van der Waals surface area contributed by atoms with Gasteiger partial charge in [0.2, 0.25) is 0 Å². The molecule has 0 radical (unpaired) electrons. The second-order valence-corrected chi connectivity index (χ2v) is 7.06. The van der Waals surface area contributed by atoms with Gasteiger partial charge in [-0.1, -0.05) is 23.9 Å². The molecule has 8 heteroatoms. The van der Waals surface area contributed by atoms with E-state index >= 15 is 0 Å². The molecule has 0 spiro atoms. The summed E-state index contributed by atoms with van der Waals surface area (Å²) in [6.07, 6.45) is 3.38. The molecule has 2 aliphatic rings. The Morgan fingerprint density at radius 2 is 1.92 bits per heavy atom. The van der Waals surface area contributed by atoms with E-state index in [1.807, 2.05) is 31.2 Å². The average Bonchev–Trinajstić information content (AvgIpc) is 3.04. The molecule has 0 saturated carbocycles. The highest BCUT2D eigenvalue weighted by atomic mass is 32.2. The maximum Gasteiger partial charge on any atom is 0.323 e. The Kier molecular flexibility index (Phi) is 4.68. The van der Waals surface area contributed by atoms with E-state index in [2.05, 4.69) is 4.90 Å². The van der Waals surface area contributed by atoms with Gasteiger partial charge in [0.05, 0.1) is 15.6 Å². The van der Waals surface area contributed by atoms with Crippen LogP contribution in [-0.4, -0.2) is 40.2 Å². The lowest BCUT2D eigenvalue weighted by Gasteiger charge is -2.17. The number of hydrogen-bond acceptors (Lipinski definition) is 6. The van der Waals surface area contributed by atoms with Crippen LogP contribution in [0.25, 0.3) is 0 Å². The number of para-hydroxylation sites is 1. The zero-order valence-corrected chi connectivity index (χ0v) is 14.4. The van der Waals surface area contributed by atoms with Crippen molar-refractivity contribution < 1.29 is 19.5 Å². The first-order valence-corrected chi connectivity index (χ1v) is 8.86. The molecule has 2 aliphatic heterocycles. The molecule has 2 amide bonds. The first-order valence-electron chi connectivity index (χ1n) is 7.23. The minimum absolute atomic E-state index is 0.237. The SMILES string of the molecule is CCN1C(=CC=C2SC(=O)N(CC(=O)O)C2=O)Sc2ccccc21. The summed E-state index contributed by atoms with van der Waals surface area (Å²) < 4.78 is 0. The highest BCUT2D eigenvalue weighted by molar-refractivity contribution is 8.18. The molecule has 1 aromatic rings. The Morgan fingerprint density at radius 1 is 1.17 bits per heavy atom. The Morgan fingerprint density at radius 3 is 2.62 bits per heavy atom. The molecule has 3 rings (SSSR count). The maximum absolute atomic E-state index is 12.1. The van der Waals surface area contributed by atoms with Gasteiger partial charge in [-0.3, -0.25) is 19.3 Å². The zero-order chi connectivity index (χ0) is 17.3. The number of carbonyl (C=O) groups excluding carboxylic acids is 2. The third-order valence-corrected chi connectivity index (χ3v) is 5.55. The molecule has 0 atom stereocenters. The quantitative estimate of drug-likeness (QED) is 0.825. The number of imide groups is 1. The van der Waals surface area contributed by atoms with Gasteiger partial charge >= 0.3 is 5.97 Å². The van der Waals surface area contributed by atoms with E-state index in [-0.39, 0.29) is 4.91 Å². The fraction of sp³-hybridized carbons (Fsp3) is 0.188. The van der Waals surface area contributed by atoms with Crippen LogP contribution < -0.4 is 4.90 Å². The number of hydrogen-bond donors (Lipinski definition) is 1. The highest BCUT2D eigenvalue weighted by Gasteiger charge is 2.36. The number of thioether (sulfide) groups is 2. The fourth-order valence-electron chi connectivity index (χ4n) is 2.44. The molecular formula is C16H14N2O4S2. The fourth-order valence-corrected chi connectivity index (χ4v) is 4.34. The molecule has 0 unspecified atom stereocenters. The number of rotatable bonds is 4. The number of carboxylic acids is 1. The first-order chi connectivity index (χ1) is 11.5. The normalized spacial score (nSPS) is 20.4. The summed E-state index contributed by atoms with van der Waals surface area (Å²) in [5.41, 5.74) is 1.11. The van der Waals surface area contributed by atoms with Gasteiger partial charge in [-0.15, -0.1) is 0 Å². The monoisotopic (exact) mass is 362 g/mol. The molecule has 6 nitrogen and oxygen atoms in total. The number of allylic oxidation sites excluding steroid dienone is 2. The van der Waals surface area contributed by atoms with Crippen LogP contribution >= 0.6 is 23.5 Å². The predicted octanol–water partition coefficient (Wildman–Crippen LogP) is 3.12. The van der Waals surface area contributed by atoms with Gasteiger partial charge < -0.3 is 10.0 Å². The molecule has 2 heterocycles. The lowest BCUT2D eigenvalue weighted by atomic mass is 10.3. The average molecular weight is 362 g/mol. The molecule has 24 heavy (non-hydrogen) atoms. The maximum atomic E-state index is 12.1. The molecule has 1 saturated heterocycles. The zero-order valence-electron chi connectivity index (χ0n) is 12.8. The molecule has 0 aromatic heterocycles. The van der Waals surface area contributed by atoms with Crippen molar-refractivity contribution in [2.75, 3.05) is 18.0 Å². The molecule has 1 N–H and O–H groups in total. The van der Waals surface area contributed by atoms with E-state index in [4.69, 9.17) is 5.11 Å². The number of aliphatic carboxylic acids is 1. The van der Waals surface area contributed by atoms with Crippen LogP contribution in [0.15, 0.2) is 51.2 Å². The third-order valence-electron chi connectivity index (χ3n) is 3.50. The van der Waals surface area contributed by atoms with Crippen molar-refractivity contribution >= 4 is 46.3 Å². The summed E-state index contributed by atoms with van der Waals surface area (Å²) in [4.78, 5) is 38.9. The van der Waals surface area contributed by atoms with Gasteiger partial charge in [0, 0.05) is 11.4 Å². The lowest BCUT2D eigenvalue weighted by Crippen LogP contribution is -2.33. The van der Waals surface area contributed by atoms with Crippen molar-refractivity contribution in [1.82, 2.24) is 4.90 Å². The second-order valence-electron chi connectivity index (χ2n) is 5.00. The first kappa shape index (κ1) is 16.7. The molecule has 1 fully saturated rings. The van der Waals surface area contributed by atoms with Crippen LogP contribution in [0.1, 0.15) is 6.92 Å². The topological polar surface area (TPSA) is 77.9 Å². The number of carbonyl (C=O) groups is 3. The van der Waals surface area contributed by atoms with Crippen LogP contribution in [0, 0.1) is 0 Å². The van der Waals surface area contributed by atoms with Gasteiger partial charge in [0.1, 0.15) is 6.54 Å². The number of carboxylic acid groups (broad SMARTS) is 1. The Balaban J connectivity index is 1.83. The van der Waals surface area contributed by atoms with Crippen molar-refractivity contribution in [2.24, 2.45) is 0 Å². The van der Waals surface area contributed by atoms with E-state index < -0.39 is 23.7 Å². The lowest BCUT2D eigenvalue weighted by molar-refractivity contribution is -0.140. The van der Waals surface area contributed by atoms with Gasteiger partial charge in [-0.2, -0.15) is 0 Å². The van der Waals surface area contributed by atoms with Crippen LogP contribution in [0.5, 0.6) is 0 Å². The van der Waals surface area contributed by atoms with Crippen molar-refractivity contribution in [3.05, 3.63) is 46.4 Å². The van der Waals surface area contributed by atoms with Gasteiger partial charge in [-0.05, 0) is 43.0 Å². The van der Waals surface area contributed by atoms with Crippen molar-refractivity contribution in [2.45, 2.75) is 11.8 Å². The smallest absolute Gasteiger partial charge is 0.323 e. The van der Waals surface area contributed by atoms with Gasteiger partial charge in [0.15, 0.2) is 0 Å². The van der Waals surface area contributed by atoms with E-state index in [1.54, 1.807) is 23.9 Å². The van der Waals surface area contributed by atoms with E-state index in [0.29, 0.717) is 0 Å². The van der Waals surface area contributed by atoms with Gasteiger partial charge in [-0.25, -0.2) is 0 Å². The summed E-state index contributed by atoms with van der Waals surface area (Å²) >= 11 is 2.36. The second kappa shape index (κ2) is 6.74. The number of anilines is 1.